The topological polar surface area (TPSA) is 81.2 Å². The molecule has 3 fully saturated rings. The van der Waals surface area contributed by atoms with Gasteiger partial charge in [0.15, 0.2) is 0 Å². The van der Waals surface area contributed by atoms with Crippen molar-refractivity contribution in [2.24, 2.45) is 11.8 Å². The van der Waals surface area contributed by atoms with Gasteiger partial charge in [0, 0.05) is 42.7 Å². The maximum Gasteiger partial charge on any atom is 0.247 e. The van der Waals surface area contributed by atoms with Crippen molar-refractivity contribution in [1.29, 1.82) is 0 Å². The molecule has 1 aromatic carbocycles. The number of likely N-dealkylation sites (tertiary alicyclic amines) is 1. The first-order chi connectivity index (χ1) is 18.7. The molecule has 3 heterocycles. The van der Waals surface area contributed by atoms with Gasteiger partial charge in [-0.05, 0) is 51.7 Å². The van der Waals surface area contributed by atoms with Gasteiger partial charge in [-0.1, -0.05) is 43.7 Å². The molecular formula is C31H43N3O4S. The third kappa shape index (κ3) is 4.95. The van der Waals surface area contributed by atoms with Crippen molar-refractivity contribution in [3.05, 3.63) is 55.6 Å². The molecule has 0 aliphatic carbocycles. The Balaban J connectivity index is 1.78. The molecule has 7 nitrogen and oxygen atoms in total. The Bertz CT molecular complexity index is 1100. The van der Waals surface area contributed by atoms with E-state index < -0.39 is 27.4 Å². The number of thioether (sulfide) groups is 1. The number of benzene rings is 1. The molecule has 2 bridgehead atoms. The molecule has 3 unspecified atom stereocenters. The summed E-state index contributed by atoms with van der Waals surface area (Å²) >= 11 is 1.69. The Hall–Kier alpha value is -2.58. The van der Waals surface area contributed by atoms with Gasteiger partial charge in [0.1, 0.15) is 6.04 Å². The third-order valence-electron chi connectivity index (χ3n) is 8.83. The van der Waals surface area contributed by atoms with Crippen LogP contribution in [0.5, 0.6) is 0 Å². The summed E-state index contributed by atoms with van der Waals surface area (Å²) in [6.07, 6.45) is 7.10. The second-order valence-corrected chi connectivity index (χ2v) is 13.2. The van der Waals surface area contributed by atoms with Crippen LogP contribution >= 0.6 is 11.8 Å². The second kappa shape index (κ2) is 11.9. The van der Waals surface area contributed by atoms with E-state index >= 15 is 0 Å². The zero-order chi connectivity index (χ0) is 28.4. The SMILES string of the molecule is C=CCN(C(=O)[C@@H]1[C@H]2C(=O)N(CCCO)C(C(=O)N(CC=C)C(C)CCC)C23CC[C@@]1(C)S3)c1ccccc1. The van der Waals surface area contributed by atoms with Crippen LogP contribution in [0.15, 0.2) is 55.6 Å². The van der Waals surface area contributed by atoms with Crippen LogP contribution in [0.2, 0.25) is 0 Å². The molecule has 3 saturated heterocycles. The van der Waals surface area contributed by atoms with Crippen molar-refractivity contribution >= 4 is 35.2 Å². The smallest absolute Gasteiger partial charge is 0.247 e. The highest BCUT2D eigenvalue weighted by Crippen LogP contribution is 2.71. The van der Waals surface area contributed by atoms with Crippen LogP contribution in [0, 0.1) is 11.8 Å². The minimum absolute atomic E-state index is 0.00326. The number of hydrogen-bond acceptors (Lipinski definition) is 5. The van der Waals surface area contributed by atoms with E-state index in [1.165, 1.54) is 0 Å². The lowest BCUT2D eigenvalue weighted by atomic mass is 9.66. The molecule has 6 atom stereocenters. The lowest BCUT2D eigenvalue weighted by molar-refractivity contribution is -0.144. The molecular weight excluding hydrogens is 510 g/mol. The van der Waals surface area contributed by atoms with Crippen molar-refractivity contribution in [2.75, 3.05) is 31.1 Å². The summed E-state index contributed by atoms with van der Waals surface area (Å²) in [5, 5.41) is 9.64. The fourth-order valence-electron chi connectivity index (χ4n) is 7.15. The number of carbonyl (C=O) groups excluding carboxylic acids is 3. The van der Waals surface area contributed by atoms with E-state index in [4.69, 9.17) is 0 Å². The van der Waals surface area contributed by atoms with E-state index in [1.807, 2.05) is 35.2 Å². The molecule has 3 aliphatic heterocycles. The van der Waals surface area contributed by atoms with Crippen molar-refractivity contribution in [3.8, 4) is 0 Å². The molecule has 39 heavy (non-hydrogen) atoms. The van der Waals surface area contributed by atoms with E-state index in [0.29, 0.717) is 32.5 Å². The fourth-order valence-corrected chi connectivity index (χ4v) is 9.49. The normalized spacial score (nSPS) is 29.7. The summed E-state index contributed by atoms with van der Waals surface area (Å²) in [5.41, 5.74) is 0.772. The predicted molar refractivity (Wildman–Crippen MR) is 157 cm³/mol. The summed E-state index contributed by atoms with van der Waals surface area (Å²) in [4.78, 5) is 48.4. The Kier molecular flexibility index (Phi) is 8.96. The van der Waals surface area contributed by atoms with Gasteiger partial charge in [0.2, 0.25) is 17.7 Å². The Labute approximate surface area is 237 Å². The van der Waals surface area contributed by atoms with Crippen LogP contribution in [-0.2, 0) is 14.4 Å². The molecule has 212 valence electrons. The van der Waals surface area contributed by atoms with Crippen molar-refractivity contribution in [2.45, 2.75) is 74.5 Å². The van der Waals surface area contributed by atoms with Crippen LogP contribution in [0.3, 0.4) is 0 Å². The van der Waals surface area contributed by atoms with E-state index in [2.05, 4.69) is 33.9 Å². The number of rotatable bonds is 13. The average molecular weight is 554 g/mol. The molecule has 8 heteroatoms. The van der Waals surface area contributed by atoms with E-state index in [1.54, 1.807) is 33.7 Å². The van der Waals surface area contributed by atoms with E-state index in [0.717, 1.165) is 24.9 Å². The van der Waals surface area contributed by atoms with Gasteiger partial charge in [-0.2, -0.15) is 0 Å². The fraction of sp³-hybridized carbons (Fsp3) is 0.581. The Morgan fingerprint density at radius 3 is 2.49 bits per heavy atom. The van der Waals surface area contributed by atoms with Crippen LogP contribution in [0.25, 0.3) is 0 Å². The maximum absolute atomic E-state index is 14.4. The third-order valence-corrected chi connectivity index (χ3v) is 10.8. The lowest BCUT2D eigenvalue weighted by Crippen LogP contribution is -2.56. The molecule has 0 aromatic heterocycles. The molecule has 4 rings (SSSR count). The Morgan fingerprint density at radius 1 is 1.18 bits per heavy atom. The Morgan fingerprint density at radius 2 is 1.87 bits per heavy atom. The van der Waals surface area contributed by atoms with Gasteiger partial charge < -0.3 is 19.8 Å². The number of nitrogens with zero attached hydrogens (tertiary/aromatic N) is 3. The van der Waals surface area contributed by atoms with Gasteiger partial charge in [-0.15, -0.1) is 24.9 Å². The zero-order valence-corrected chi connectivity index (χ0v) is 24.4. The quantitative estimate of drug-likeness (QED) is 0.369. The minimum atomic E-state index is -0.680. The lowest BCUT2D eigenvalue weighted by Gasteiger charge is -2.39. The van der Waals surface area contributed by atoms with Gasteiger partial charge in [-0.25, -0.2) is 0 Å². The van der Waals surface area contributed by atoms with Gasteiger partial charge in [0.05, 0.1) is 16.6 Å². The molecule has 1 N–H and O–H groups in total. The van der Waals surface area contributed by atoms with Crippen molar-refractivity contribution in [1.82, 2.24) is 9.80 Å². The van der Waals surface area contributed by atoms with Crippen LogP contribution in [0.4, 0.5) is 5.69 Å². The predicted octanol–water partition coefficient (Wildman–Crippen LogP) is 4.27. The van der Waals surface area contributed by atoms with Crippen molar-refractivity contribution < 1.29 is 19.5 Å². The number of aliphatic hydroxyl groups is 1. The van der Waals surface area contributed by atoms with Crippen molar-refractivity contribution in [3.63, 3.8) is 0 Å². The summed E-state index contributed by atoms with van der Waals surface area (Å²) < 4.78 is -1.13. The maximum atomic E-state index is 14.4. The first-order valence-electron chi connectivity index (χ1n) is 14.2. The summed E-state index contributed by atoms with van der Waals surface area (Å²) in [6, 6.07) is 8.84. The highest BCUT2D eigenvalue weighted by molar-refractivity contribution is 8.02. The van der Waals surface area contributed by atoms with E-state index in [9.17, 15) is 19.5 Å². The first kappa shape index (κ1) is 29.4. The second-order valence-electron chi connectivity index (χ2n) is 11.3. The molecule has 3 amide bonds. The van der Waals surface area contributed by atoms with Gasteiger partial charge >= 0.3 is 0 Å². The minimum Gasteiger partial charge on any atom is -0.396 e. The van der Waals surface area contributed by atoms with Gasteiger partial charge in [0.25, 0.3) is 0 Å². The number of anilines is 1. The van der Waals surface area contributed by atoms with Crippen LogP contribution in [-0.4, -0.2) is 80.4 Å². The number of para-hydroxylation sites is 1. The number of aliphatic hydroxyl groups excluding tert-OH is 1. The monoisotopic (exact) mass is 553 g/mol. The summed E-state index contributed by atoms with van der Waals surface area (Å²) in [6.45, 7) is 15.0. The molecule has 3 aliphatic rings. The summed E-state index contributed by atoms with van der Waals surface area (Å²) in [5.74, 6) is -1.44. The van der Waals surface area contributed by atoms with E-state index in [-0.39, 0.29) is 30.4 Å². The summed E-state index contributed by atoms with van der Waals surface area (Å²) in [7, 11) is 0. The highest BCUT2D eigenvalue weighted by atomic mass is 32.2. The number of amides is 3. The molecule has 1 spiro atoms. The highest BCUT2D eigenvalue weighted by Gasteiger charge is 2.77. The molecule has 1 aromatic rings. The zero-order valence-electron chi connectivity index (χ0n) is 23.6. The number of hydrogen-bond donors (Lipinski definition) is 1. The molecule has 0 radical (unpaired) electrons. The van der Waals surface area contributed by atoms with Gasteiger partial charge in [-0.3, -0.25) is 14.4 Å². The standard InChI is InChI=1S/C31H43N3O4S/c1-6-13-22(4)32(18-7-2)29(38)26-31-17-16-30(5,39-31)24(25(31)28(37)34(26)20-12-21-35)27(36)33(19-8-3)23-14-10-9-11-15-23/h7-11,14-15,22,24-26,35H,2-3,6,12-13,16-21H2,1,4-5H3/t22?,24-,25-,26?,30+,31?/m0/s1. The number of fused-ring (bicyclic) bond motifs is 1. The largest absolute Gasteiger partial charge is 0.396 e. The van der Waals surface area contributed by atoms with Crippen LogP contribution in [0.1, 0.15) is 52.9 Å². The molecule has 0 saturated carbocycles. The van der Waals surface area contributed by atoms with Crippen LogP contribution < -0.4 is 4.90 Å². The number of carbonyl (C=O) groups is 3. The first-order valence-corrected chi connectivity index (χ1v) is 15.0. The average Bonchev–Trinajstić information content (AvgIpc) is 3.49.